The molecule has 1 aliphatic heterocycles. The van der Waals surface area contributed by atoms with Crippen molar-refractivity contribution in [2.24, 2.45) is 0 Å². The number of rotatable bonds is 4. The van der Waals surface area contributed by atoms with Crippen molar-refractivity contribution < 1.29 is 9.59 Å². The van der Waals surface area contributed by atoms with Gasteiger partial charge in [0.1, 0.15) is 4.32 Å². The van der Waals surface area contributed by atoms with Crippen LogP contribution in [-0.2, 0) is 16.1 Å². The molecule has 0 atom stereocenters. The van der Waals surface area contributed by atoms with Crippen LogP contribution in [-0.4, -0.2) is 21.0 Å². The molecule has 0 saturated carbocycles. The van der Waals surface area contributed by atoms with Gasteiger partial charge < -0.3 is 5.32 Å². The molecule has 25 heavy (non-hydrogen) atoms. The quantitative estimate of drug-likeness (QED) is 0.653. The highest BCUT2D eigenvalue weighted by Gasteiger charge is 2.31. The molecule has 0 unspecified atom stereocenters. The second kappa shape index (κ2) is 7.63. The molecule has 0 radical (unpaired) electrons. The molecule has 0 spiro atoms. The maximum absolute atomic E-state index is 12.6. The van der Waals surface area contributed by atoms with Gasteiger partial charge in [-0.05, 0) is 29.3 Å². The van der Waals surface area contributed by atoms with Crippen molar-refractivity contribution in [1.82, 2.24) is 4.90 Å². The van der Waals surface area contributed by atoms with Gasteiger partial charge in [-0.3, -0.25) is 14.5 Å². The smallest absolute Gasteiger partial charge is 0.266 e. The van der Waals surface area contributed by atoms with Crippen LogP contribution >= 0.6 is 24.0 Å². The second-order valence-corrected chi connectivity index (χ2v) is 7.23. The third kappa shape index (κ3) is 4.35. The molecule has 0 aromatic heterocycles. The van der Waals surface area contributed by atoms with E-state index < -0.39 is 0 Å². The molecular weight excluding hydrogens is 352 g/mol. The molecule has 126 valence electrons. The average Bonchev–Trinajstić information content (AvgIpc) is 2.85. The Labute approximate surface area is 155 Å². The Morgan fingerprint density at radius 2 is 1.84 bits per heavy atom. The van der Waals surface area contributed by atoms with Crippen LogP contribution in [0.5, 0.6) is 0 Å². The molecule has 1 saturated heterocycles. The van der Waals surface area contributed by atoms with Gasteiger partial charge in [0.25, 0.3) is 5.91 Å². The summed E-state index contributed by atoms with van der Waals surface area (Å²) in [6.45, 7) is 1.94. The van der Waals surface area contributed by atoms with Gasteiger partial charge in [-0.2, -0.15) is 0 Å². The molecule has 2 amide bonds. The Kier molecular flexibility index (Phi) is 5.31. The van der Waals surface area contributed by atoms with E-state index in [1.165, 1.54) is 18.7 Å². The minimum Gasteiger partial charge on any atom is -0.326 e. The molecule has 2 aromatic carbocycles. The monoisotopic (exact) mass is 368 g/mol. The van der Waals surface area contributed by atoms with E-state index in [0.717, 1.165) is 16.8 Å². The number of benzene rings is 2. The van der Waals surface area contributed by atoms with Gasteiger partial charge in [0.2, 0.25) is 5.91 Å². The minimum absolute atomic E-state index is 0.0789. The molecule has 1 aliphatic rings. The van der Waals surface area contributed by atoms with Crippen LogP contribution in [0.15, 0.2) is 59.5 Å². The summed E-state index contributed by atoms with van der Waals surface area (Å²) in [7, 11) is 0. The van der Waals surface area contributed by atoms with Gasteiger partial charge in [0.05, 0.1) is 11.4 Å². The molecule has 0 bridgehead atoms. The average molecular weight is 368 g/mol. The van der Waals surface area contributed by atoms with Crippen LogP contribution in [0.4, 0.5) is 5.69 Å². The van der Waals surface area contributed by atoms with Gasteiger partial charge in [0, 0.05) is 12.6 Å². The molecule has 4 nitrogen and oxygen atoms in total. The fourth-order valence-electron chi connectivity index (χ4n) is 2.42. The summed E-state index contributed by atoms with van der Waals surface area (Å²) in [6.07, 6.45) is 1.82. The molecule has 6 heteroatoms. The number of nitrogens with one attached hydrogen (secondary N) is 1. The zero-order valence-electron chi connectivity index (χ0n) is 13.6. The summed E-state index contributed by atoms with van der Waals surface area (Å²) < 4.78 is 0.565. The Hall–Kier alpha value is -2.44. The predicted molar refractivity (Wildman–Crippen MR) is 106 cm³/mol. The van der Waals surface area contributed by atoms with Gasteiger partial charge in [-0.25, -0.2) is 0 Å². The maximum atomic E-state index is 12.6. The maximum Gasteiger partial charge on any atom is 0.266 e. The lowest BCUT2D eigenvalue weighted by Crippen LogP contribution is -2.27. The molecule has 3 rings (SSSR count). The molecule has 1 N–H and O–H groups in total. The lowest BCUT2D eigenvalue weighted by Gasteiger charge is -2.14. The van der Waals surface area contributed by atoms with Crippen LogP contribution in [0.25, 0.3) is 6.08 Å². The fourth-order valence-corrected chi connectivity index (χ4v) is 3.67. The first kappa shape index (κ1) is 17.4. The third-order valence-electron chi connectivity index (χ3n) is 3.59. The van der Waals surface area contributed by atoms with Gasteiger partial charge >= 0.3 is 0 Å². The first-order chi connectivity index (χ1) is 12.0. The summed E-state index contributed by atoms with van der Waals surface area (Å²) in [5, 5.41) is 2.72. The fraction of sp³-hybridized carbons (Fsp3) is 0.105. The van der Waals surface area contributed by atoms with Crippen molar-refractivity contribution in [3.63, 3.8) is 0 Å². The van der Waals surface area contributed by atoms with Crippen molar-refractivity contribution in [2.45, 2.75) is 13.5 Å². The van der Waals surface area contributed by atoms with Crippen LogP contribution in [0.1, 0.15) is 18.1 Å². The number of thioether (sulfide) groups is 1. The number of anilines is 1. The number of carbonyl (C=O) groups excluding carboxylic acids is 2. The van der Waals surface area contributed by atoms with Crippen molar-refractivity contribution in [3.05, 3.63) is 70.6 Å². The van der Waals surface area contributed by atoms with E-state index >= 15 is 0 Å². The largest absolute Gasteiger partial charge is 0.326 e. The van der Waals surface area contributed by atoms with E-state index in [-0.39, 0.29) is 11.8 Å². The second-order valence-electron chi connectivity index (χ2n) is 5.56. The normalized spacial score (nSPS) is 15.7. The van der Waals surface area contributed by atoms with Gasteiger partial charge in [-0.1, -0.05) is 66.4 Å². The summed E-state index contributed by atoms with van der Waals surface area (Å²) in [5.74, 6) is -0.195. The SMILES string of the molecule is CC(=O)Nc1ccc(/C=C2\SC(=S)N(Cc3ccccc3)C2=O)cc1. The number of amides is 2. The van der Waals surface area contributed by atoms with E-state index in [4.69, 9.17) is 12.2 Å². The third-order valence-corrected chi connectivity index (χ3v) is 4.96. The van der Waals surface area contributed by atoms with Crippen molar-refractivity contribution >= 4 is 51.9 Å². The standard InChI is InChI=1S/C19H16N2O2S2/c1-13(22)20-16-9-7-14(8-10-16)11-17-18(23)21(19(24)25-17)12-15-5-3-2-4-6-15/h2-11H,12H2,1H3,(H,20,22)/b17-11-. The Morgan fingerprint density at radius 3 is 2.48 bits per heavy atom. The molecule has 1 fully saturated rings. The van der Waals surface area contributed by atoms with E-state index in [1.54, 1.807) is 17.0 Å². The summed E-state index contributed by atoms with van der Waals surface area (Å²) >= 11 is 6.67. The van der Waals surface area contributed by atoms with Crippen molar-refractivity contribution in [1.29, 1.82) is 0 Å². The summed E-state index contributed by atoms with van der Waals surface area (Å²) in [4.78, 5) is 25.9. The van der Waals surface area contributed by atoms with E-state index in [9.17, 15) is 9.59 Å². The first-order valence-electron chi connectivity index (χ1n) is 7.70. The molecule has 0 aliphatic carbocycles. The highest BCUT2D eigenvalue weighted by Crippen LogP contribution is 2.33. The number of hydrogen-bond donors (Lipinski definition) is 1. The Balaban J connectivity index is 1.74. The van der Waals surface area contributed by atoms with Crippen LogP contribution in [0.3, 0.4) is 0 Å². The van der Waals surface area contributed by atoms with Crippen molar-refractivity contribution in [2.75, 3.05) is 5.32 Å². The van der Waals surface area contributed by atoms with Gasteiger partial charge in [-0.15, -0.1) is 0 Å². The van der Waals surface area contributed by atoms with Crippen LogP contribution in [0, 0.1) is 0 Å². The van der Waals surface area contributed by atoms with Crippen LogP contribution in [0.2, 0.25) is 0 Å². The van der Waals surface area contributed by atoms with Gasteiger partial charge in [0.15, 0.2) is 0 Å². The van der Waals surface area contributed by atoms with Crippen LogP contribution < -0.4 is 5.32 Å². The number of thiocarbonyl (C=S) groups is 1. The lowest BCUT2D eigenvalue weighted by molar-refractivity contribution is -0.122. The first-order valence-corrected chi connectivity index (χ1v) is 8.92. The van der Waals surface area contributed by atoms with E-state index in [1.807, 2.05) is 48.5 Å². The van der Waals surface area contributed by atoms with E-state index in [2.05, 4.69) is 5.32 Å². The summed E-state index contributed by atoms with van der Waals surface area (Å²) in [5.41, 5.74) is 2.65. The highest BCUT2D eigenvalue weighted by molar-refractivity contribution is 8.26. The van der Waals surface area contributed by atoms with E-state index in [0.29, 0.717) is 15.8 Å². The molecule has 1 heterocycles. The zero-order chi connectivity index (χ0) is 17.8. The van der Waals surface area contributed by atoms with Crippen molar-refractivity contribution in [3.8, 4) is 0 Å². The highest BCUT2D eigenvalue weighted by atomic mass is 32.2. The minimum atomic E-state index is -0.116. The number of nitrogens with zero attached hydrogens (tertiary/aromatic N) is 1. The summed E-state index contributed by atoms with van der Waals surface area (Å²) in [6, 6.07) is 17.1. The molecule has 2 aromatic rings. The topological polar surface area (TPSA) is 49.4 Å². The predicted octanol–water partition coefficient (Wildman–Crippen LogP) is 4.05. The number of carbonyl (C=O) groups is 2. The number of hydrogen-bond acceptors (Lipinski definition) is 4. The Morgan fingerprint density at radius 1 is 1.16 bits per heavy atom. The molecular formula is C19H16N2O2S2. The zero-order valence-corrected chi connectivity index (χ0v) is 15.2. The Bertz CT molecular complexity index is 845. The lowest BCUT2D eigenvalue weighted by atomic mass is 10.2.